The number of imide groups is 1. The van der Waals surface area contributed by atoms with E-state index in [4.69, 9.17) is 12.2 Å². The smallest absolute Gasteiger partial charge is 0.248 e. The zero-order valence-corrected chi connectivity index (χ0v) is 16.7. The number of nitrogens with zero attached hydrogens (tertiary/aromatic N) is 2. The summed E-state index contributed by atoms with van der Waals surface area (Å²) < 4.78 is 0.749. The molecule has 3 heterocycles. The number of rotatable bonds is 2. The van der Waals surface area contributed by atoms with Crippen LogP contribution in [0.3, 0.4) is 0 Å². The largest absolute Gasteiger partial charge is 0.291 e. The summed E-state index contributed by atoms with van der Waals surface area (Å²) >= 11 is 5.52. The van der Waals surface area contributed by atoms with Gasteiger partial charge in [0.05, 0.1) is 5.54 Å². The minimum absolute atomic E-state index is 0.182. The molecule has 1 fully saturated rings. The molecule has 0 radical (unpaired) electrons. The Bertz CT molecular complexity index is 989. The van der Waals surface area contributed by atoms with E-state index in [9.17, 15) is 14.4 Å². The van der Waals surface area contributed by atoms with Crippen LogP contribution in [-0.4, -0.2) is 29.2 Å². The third-order valence-corrected chi connectivity index (χ3v) is 7.91. The van der Waals surface area contributed by atoms with Gasteiger partial charge < -0.3 is 0 Å². The van der Waals surface area contributed by atoms with Crippen molar-refractivity contribution in [3.8, 4) is 11.1 Å². The monoisotopic (exact) mass is 404 g/mol. The Balaban J connectivity index is 1.81. The Hall–Kier alpha value is -1.90. The Morgan fingerprint density at radius 3 is 2.50 bits per heavy atom. The fourth-order valence-corrected chi connectivity index (χ4v) is 6.64. The van der Waals surface area contributed by atoms with Crippen LogP contribution < -0.4 is 4.90 Å². The van der Waals surface area contributed by atoms with Crippen LogP contribution in [0.15, 0.2) is 24.3 Å². The second kappa shape index (κ2) is 6.07. The Morgan fingerprint density at radius 2 is 1.81 bits per heavy atom. The van der Waals surface area contributed by atoms with E-state index in [1.54, 1.807) is 4.90 Å². The molecule has 1 aromatic heterocycles. The molecule has 2 aromatic rings. The van der Waals surface area contributed by atoms with E-state index in [1.165, 1.54) is 20.7 Å². The Morgan fingerprint density at radius 1 is 1.15 bits per heavy atom. The van der Waals surface area contributed by atoms with Crippen molar-refractivity contribution in [2.45, 2.75) is 32.2 Å². The lowest BCUT2D eigenvalue weighted by molar-refractivity contribution is -0.142. The summed E-state index contributed by atoms with van der Waals surface area (Å²) in [5.74, 6) is -0.827. The van der Waals surface area contributed by atoms with Gasteiger partial charge in [0.2, 0.25) is 17.7 Å². The minimum atomic E-state index is -0.605. The SMILES string of the molecule is CC1(C)c2ccccc2-c2c(ssc2=S)N1C(=O)CN1C(=O)CCC1=O. The zero-order valence-electron chi connectivity index (χ0n) is 14.3. The van der Waals surface area contributed by atoms with Crippen molar-refractivity contribution in [1.29, 1.82) is 0 Å². The molecule has 0 saturated carbocycles. The van der Waals surface area contributed by atoms with E-state index < -0.39 is 5.54 Å². The topological polar surface area (TPSA) is 57.7 Å². The van der Waals surface area contributed by atoms with E-state index in [-0.39, 0.29) is 37.1 Å². The van der Waals surface area contributed by atoms with Crippen molar-refractivity contribution in [1.82, 2.24) is 4.90 Å². The molecule has 0 atom stereocenters. The first kappa shape index (κ1) is 17.5. The molecule has 2 aliphatic heterocycles. The first-order chi connectivity index (χ1) is 12.3. The van der Waals surface area contributed by atoms with Gasteiger partial charge in [-0.3, -0.25) is 24.2 Å². The zero-order chi connectivity index (χ0) is 18.6. The van der Waals surface area contributed by atoms with Gasteiger partial charge >= 0.3 is 0 Å². The summed E-state index contributed by atoms with van der Waals surface area (Å²) in [5.41, 5.74) is 2.35. The van der Waals surface area contributed by atoms with E-state index in [2.05, 4.69) is 0 Å². The first-order valence-electron chi connectivity index (χ1n) is 8.21. The number of hydrogen-bond acceptors (Lipinski definition) is 6. The molecule has 5 nitrogen and oxygen atoms in total. The fraction of sp³-hybridized carbons (Fsp3) is 0.333. The lowest BCUT2D eigenvalue weighted by atomic mass is 9.83. The maximum Gasteiger partial charge on any atom is 0.248 e. The standard InChI is InChI=1S/C18H16N2O3S3/c1-18(2)11-6-4-3-5-10(11)15-16(25-26-17(15)24)20(18)14(23)9-19-12(21)7-8-13(19)22/h3-6H,7-9H2,1-2H3. The first-order valence-corrected chi connectivity index (χ1v) is 10.8. The summed E-state index contributed by atoms with van der Waals surface area (Å²) in [6, 6.07) is 7.94. The molecular formula is C18H16N2O3S3. The molecular weight excluding hydrogens is 388 g/mol. The predicted octanol–water partition coefficient (Wildman–Crippen LogP) is 3.94. The van der Waals surface area contributed by atoms with Crippen molar-refractivity contribution in [3.05, 3.63) is 33.7 Å². The van der Waals surface area contributed by atoms with E-state index >= 15 is 0 Å². The van der Waals surface area contributed by atoms with Gasteiger partial charge in [0.15, 0.2) is 0 Å². The van der Waals surface area contributed by atoms with Crippen LogP contribution in [0.2, 0.25) is 0 Å². The van der Waals surface area contributed by atoms with Crippen LogP contribution in [0.4, 0.5) is 5.00 Å². The minimum Gasteiger partial charge on any atom is -0.291 e. The average molecular weight is 405 g/mol. The van der Waals surface area contributed by atoms with E-state index in [0.717, 1.165) is 30.4 Å². The molecule has 0 N–H and O–H groups in total. The molecule has 3 amide bonds. The number of carbonyl (C=O) groups excluding carboxylic acids is 3. The van der Waals surface area contributed by atoms with E-state index in [0.29, 0.717) is 0 Å². The second-order valence-electron chi connectivity index (χ2n) is 6.84. The fourth-order valence-electron chi connectivity index (χ4n) is 3.66. The number of likely N-dealkylation sites (tertiary alicyclic amines) is 1. The molecule has 1 aromatic carbocycles. The molecule has 134 valence electrons. The molecule has 0 spiro atoms. The average Bonchev–Trinajstić information content (AvgIpc) is 3.12. The third kappa shape index (κ3) is 2.47. The van der Waals surface area contributed by atoms with Crippen molar-refractivity contribution >= 4 is 55.6 Å². The third-order valence-electron chi connectivity index (χ3n) is 4.93. The van der Waals surface area contributed by atoms with Crippen LogP contribution >= 0.6 is 32.9 Å². The van der Waals surface area contributed by atoms with Gasteiger partial charge in [-0.05, 0) is 25.0 Å². The van der Waals surface area contributed by atoms with Gasteiger partial charge in [0.1, 0.15) is 15.4 Å². The van der Waals surface area contributed by atoms with Crippen molar-refractivity contribution in [3.63, 3.8) is 0 Å². The quantitative estimate of drug-likeness (QED) is 0.432. The van der Waals surface area contributed by atoms with Gasteiger partial charge in [-0.2, -0.15) is 0 Å². The van der Waals surface area contributed by atoms with Crippen LogP contribution in [0.25, 0.3) is 11.1 Å². The molecule has 0 aliphatic carbocycles. The van der Waals surface area contributed by atoms with Crippen LogP contribution in [0, 0.1) is 3.82 Å². The van der Waals surface area contributed by atoms with Crippen molar-refractivity contribution < 1.29 is 14.4 Å². The number of anilines is 1. The maximum atomic E-state index is 13.2. The molecule has 2 aliphatic rings. The molecule has 1 saturated heterocycles. The lowest BCUT2D eigenvalue weighted by Gasteiger charge is -2.43. The molecule has 0 unspecified atom stereocenters. The summed E-state index contributed by atoms with van der Waals surface area (Å²) in [4.78, 5) is 39.9. The normalized spacial score (nSPS) is 18.1. The second-order valence-corrected chi connectivity index (χ2v) is 9.64. The summed E-state index contributed by atoms with van der Waals surface area (Å²) in [6.07, 6.45) is 0.363. The highest BCUT2D eigenvalue weighted by Gasteiger charge is 2.43. The molecule has 8 heteroatoms. The number of fused-ring (bicyclic) bond motifs is 3. The Kier molecular flexibility index (Phi) is 4.09. The van der Waals surface area contributed by atoms with Crippen LogP contribution in [0.5, 0.6) is 0 Å². The molecule has 26 heavy (non-hydrogen) atoms. The highest BCUT2D eigenvalue weighted by Crippen LogP contribution is 2.52. The van der Waals surface area contributed by atoms with Crippen molar-refractivity contribution in [2.75, 3.05) is 11.4 Å². The Labute approximate surface area is 163 Å². The highest BCUT2D eigenvalue weighted by atomic mass is 32.9. The van der Waals surface area contributed by atoms with Gasteiger partial charge in [0, 0.05) is 18.4 Å². The van der Waals surface area contributed by atoms with Gasteiger partial charge in [-0.25, -0.2) is 0 Å². The van der Waals surface area contributed by atoms with Crippen LogP contribution in [0.1, 0.15) is 32.3 Å². The summed E-state index contributed by atoms with van der Waals surface area (Å²) in [5, 5.41) is 0.799. The maximum absolute atomic E-state index is 13.2. The molecule has 4 rings (SSSR count). The summed E-state index contributed by atoms with van der Waals surface area (Å²) in [7, 11) is 2.93. The van der Waals surface area contributed by atoms with Crippen LogP contribution in [-0.2, 0) is 19.9 Å². The number of benzene rings is 1. The number of carbonyl (C=O) groups is 3. The predicted molar refractivity (Wildman–Crippen MR) is 105 cm³/mol. The molecule has 0 bridgehead atoms. The lowest BCUT2D eigenvalue weighted by Crippen LogP contribution is -2.52. The number of hydrogen-bond donors (Lipinski definition) is 0. The van der Waals surface area contributed by atoms with Gasteiger partial charge in [0.25, 0.3) is 0 Å². The van der Waals surface area contributed by atoms with Crippen molar-refractivity contribution in [2.24, 2.45) is 0 Å². The van der Waals surface area contributed by atoms with Gasteiger partial charge in [-0.15, -0.1) is 0 Å². The summed E-state index contributed by atoms with van der Waals surface area (Å²) in [6.45, 7) is 3.74. The number of amides is 3. The van der Waals surface area contributed by atoms with Gasteiger partial charge in [-0.1, -0.05) is 57.2 Å². The highest BCUT2D eigenvalue weighted by molar-refractivity contribution is 7.80. The van der Waals surface area contributed by atoms with E-state index in [1.807, 2.05) is 38.1 Å².